The van der Waals surface area contributed by atoms with E-state index in [4.69, 9.17) is 0 Å². The molecule has 0 amide bonds. The van der Waals surface area contributed by atoms with E-state index in [0.717, 1.165) is 7.11 Å². The van der Waals surface area contributed by atoms with Gasteiger partial charge in [-0.25, -0.2) is 4.79 Å². The molecule has 0 saturated heterocycles. The zero-order valence-electron chi connectivity index (χ0n) is 8.91. The Hall–Kier alpha value is -1.98. The fourth-order valence-electron chi connectivity index (χ4n) is 1.06. The number of ether oxygens (including phenoxy) is 1. The smallest absolute Gasteiger partial charge is 0.424 e. The molecule has 1 aromatic carbocycles. The summed E-state index contributed by atoms with van der Waals surface area (Å²) in [6, 6.07) is 8.17. The number of carbonyl (C=O) groups excluding carboxylic acids is 1. The molecular weight excluding hydrogens is 235 g/mol. The summed E-state index contributed by atoms with van der Waals surface area (Å²) in [6.45, 7) is 0. The van der Waals surface area contributed by atoms with E-state index in [0.29, 0.717) is 11.9 Å². The van der Waals surface area contributed by atoms with Crippen LogP contribution in [0.25, 0.3) is 0 Å². The van der Waals surface area contributed by atoms with Crippen LogP contribution in [0, 0.1) is 0 Å². The summed E-state index contributed by atoms with van der Waals surface area (Å²) >= 11 is 0. The summed E-state index contributed by atoms with van der Waals surface area (Å²) in [5, 5.41) is 2.38. The van der Waals surface area contributed by atoms with Crippen molar-refractivity contribution in [3.63, 3.8) is 0 Å². The predicted molar refractivity (Wildman–Crippen MR) is 56.2 cm³/mol. The van der Waals surface area contributed by atoms with Crippen molar-refractivity contribution in [1.82, 2.24) is 0 Å². The molecule has 0 aliphatic rings. The minimum atomic E-state index is -4.76. The van der Waals surface area contributed by atoms with Crippen LogP contribution < -0.4 is 5.32 Å². The zero-order valence-corrected chi connectivity index (χ0v) is 8.91. The number of nitrogens with one attached hydrogen (secondary N) is 1. The highest BCUT2D eigenvalue weighted by Gasteiger charge is 2.39. The lowest BCUT2D eigenvalue weighted by molar-refractivity contribution is -0.148. The highest BCUT2D eigenvalue weighted by molar-refractivity contribution is 5.90. The van der Waals surface area contributed by atoms with E-state index in [9.17, 15) is 18.0 Å². The molecule has 0 aromatic heterocycles. The van der Waals surface area contributed by atoms with Crippen LogP contribution in [0.2, 0.25) is 0 Å². The molecule has 6 heteroatoms. The Labute approximate surface area is 95.9 Å². The number of esters is 1. The lowest BCUT2D eigenvalue weighted by Gasteiger charge is -2.10. The van der Waals surface area contributed by atoms with Gasteiger partial charge in [-0.2, -0.15) is 13.2 Å². The number of methoxy groups -OCH3 is 1. The third kappa shape index (κ3) is 3.82. The van der Waals surface area contributed by atoms with Gasteiger partial charge >= 0.3 is 12.1 Å². The zero-order chi connectivity index (χ0) is 12.9. The Kier molecular flexibility index (Phi) is 4.14. The summed E-state index contributed by atoms with van der Waals surface area (Å²) in [4.78, 5) is 10.9. The van der Waals surface area contributed by atoms with Crippen molar-refractivity contribution in [2.75, 3.05) is 12.4 Å². The Morgan fingerprint density at radius 2 is 1.88 bits per heavy atom. The Balaban J connectivity index is 2.89. The van der Waals surface area contributed by atoms with Gasteiger partial charge in [-0.1, -0.05) is 18.2 Å². The van der Waals surface area contributed by atoms with Crippen LogP contribution in [-0.2, 0) is 9.53 Å². The highest BCUT2D eigenvalue weighted by atomic mass is 19.4. The monoisotopic (exact) mass is 245 g/mol. The van der Waals surface area contributed by atoms with Gasteiger partial charge in [-0.05, 0) is 12.1 Å². The van der Waals surface area contributed by atoms with Crippen LogP contribution in [0.3, 0.4) is 0 Å². The van der Waals surface area contributed by atoms with Crippen molar-refractivity contribution in [1.29, 1.82) is 0 Å². The standard InChI is InChI=1S/C11H10F3NO2/c1-17-10(16)9(11(12,13)14)7-15-8-5-3-2-4-6-8/h2-7,15H,1H3/b9-7-. The van der Waals surface area contributed by atoms with E-state index in [2.05, 4.69) is 10.1 Å². The van der Waals surface area contributed by atoms with Crippen LogP contribution in [0.15, 0.2) is 42.1 Å². The summed E-state index contributed by atoms with van der Waals surface area (Å²) in [6.07, 6.45) is -4.17. The topological polar surface area (TPSA) is 38.3 Å². The first-order valence-corrected chi connectivity index (χ1v) is 4.62. The molecule has 0 saturated carbocycles. The molecule has 0 unspecified atom stereocenters. The first-order chi connectivity index (χ1) is 7.95. The maximum atomic E-state index is 12.5. The number of hydrogen-bond acceptors (Lipinski definition) is 3. The number of alkyl halides is 3. The molecule has 92 valence electrons. The summed E-state index contributed by atoms with van der Waals surface area (Å²) in [5.74, 6) is -1.43. The van der Waals surface area contributed by atoms with Crippen LogP contribution in [0.4, 0.5) is 18.9 Å². The maximum Gasteiger partial charge on any atom is 0.424 e. The molecule has 0 aliphatic heterocycles. The van der Waals surface area contributed by atoms with Gasteiger partial charge in [0.05, 0.1) is 7.11 Å². The maximum absolute atomic E-state index is 12.5. The van der Waals surface area contributed by atoms with Crippen molar-refractivity contribution in [2.45, 2.75) is 6.18 Å². The van der Waals surface area contributed by atoms with Gasteiger partial charge in [0.1, 0.15) is 0 Å². The van der Waals surface area contributed by atoms with Crippen molar-refractivity contribution in [3.05, 3.63) is 42.1 Å². The number of halogens is 3. The number of carbonyl (C=O) groups is 1. The molecule has 1 aromatic rings. The average molecular weight is 245 g/mol. The number of benzene rings is 1. The SMILES string of the molecule is COC(=O)/C(=C/Nc1ccccc1)C(F)(F)F. The lowest BCUT2D eigenvalue weighted by Crippen LogP contribution is -2.22. The largest absolute Gasteiger partial charge is 0.465 e. The number of para-hydroxylation sites is 1. The number of hydrogen-bond donors (Lipinski definition) is 1. The predicted octanol–water partition coefficient (Wildman–Crippen LogP) is 2.72. The minimum Gasteiger partial charge on any atom is -0.465 e. The van der Waals surface area contributed by atoms with Crippen LogP contribution in [0.5, 0.6) is 0 Å². The molecule has 0 bridgehead atoms. The normalized spacial score (nSPS) is 12.1. The van der Waals surface area contributed by atoms with E-state index in [-0.39, 0.29) is 0 Å². The van der Waals surface area contributed by atoms with Gasteiger partial charge < -0.3 is 10.1 Å². The number of rotatable bonds is 3. The third-order valence-corrected chi connectivity index (χ3v) is 1.87. The lowest BCUT2D eigenvalue weighted by atomic mass is 10.2. The molecule has 0 spiro atoms. The van der Waals surface area contributed by atoms with Crippen molar-refractivity contribution < 1.29 is 22.7 Å². The molecule has 0 fully saturated rings. The van der Waals surface area contributed by atoms with Crippen LogP contribution >= 0.6 is 0 Å². The first kappa shape index (κ1) is 13.1. The van der Waals surface area contributed by atoms with Gasteiger partial charge in [-0.3, -0.25) is 0 Å². The molecule has 0 heterocycles. The van der Waals surface area contributed by atoms with Crippen molar-refractivity contribution in [3.8, 4) is 0 Å². The molecule has 1 N–H and O–H groups in total. The fraction of sp³-hybridized carbons (Fsp3) is 0.182. The fourth-order valence-corrected chi connectivity index (χ4v) is 1.06. The first-order valence-electron chi connectivity index (χ1n) is 4.62. The summed E-state index contributed by atoms with van der Waals surface area (Å²) in [5.41, 5.74) is -0.943. The summed E-state index contributed by atoms with van der Waals surface area (Å²) in [7, 11) is 0.893. The second-order valence-electron chi connectivity index (χ2n) is 3.06. The molecule has 0 atom stereocenters. The second kappa shape index (κ2) is 5.38. The Morgan fingerprint density at radius 3 is 2.35 bits per heavy atom. The quantitative estimate of drug-likeness (QED) is 0.657. The van der Waals surface area contributed by atoms with Gasteiger partial charge in [0.25, 0.3) is 0 Å². The second-order valence-corrected chi connectivity index (χ2v) is 3.06. The average Bonchev–Trinajstić information content (AvgIpc) is 2.28. The Bertz CT molecular complexity index is 412. The van der Waals surface area contributed by atoms with Crippen molar-refractivity contribution >= 4 is 11.7 Å². The van der Waals surface area contributed by atoms with E-state index >= 15 is 0 Å². The van der Waals surface area contributed by atoms with Crippen molar-refractivity contribution in [2.24, 2.45) is 0 Å². The third-order valence-electron chi connectivity index (χ3n) is 1.87. The van der Waals surface area contributed by atoms with Gasteiger partial charge in [-0.15, -0.1) is 0 Å². The van der Waals surface area contributed by atoms with Gasteiger partial charge in [0, 0.05) is 11.9 Å². The van der Waals surface area contributed by atoms with E-state index < -0.39 is 17.7 Å². The van der Waals surface area contributed by atoms with Gasteiger partial charge in [0.2, 0.25) is 0 Å². The molecule has 0 radical (unpaired) electrons. The molecular formula is C11H10F3NO2. The molecule has 17 heavy (non-hydrogen) atoms. The molecule has 1 rings (SSSR count). The van der Waals surface area contributed by atoms with E-state index in [1.54, 1.807) is 30.3 Å². The van der Waals surface area contributed by atoms with Gasteiger partial charge in [0.15, 0.2) is 5.57 Å². The Morgan fingerprint density at radius 1 is 1.29 bits per heavy atom. The highest BCUT2D eigenvalue weighted by Crippen LogP contribution is 2.26. The minimum absolute atomic E-state index is 0.443. The van der Waals surface area contributed by atoms with Crippen LogP contribution in [-0.4, -0.2) is 19.3 Å². The van der Waals surface area contributed by atoms with Crippen LogP contribution in [0.1, 0.15) is 0 Å². The van der Waals surface area contributed by atoms with E-state index in [1.807, 2.05) is 0 Å². The molecule has 3 nitrogen and oxygen atoms in total. The summed E-state index contributed by atoms with van der Waals surface area (Å²) < 4.78 is 41.4. The number of anilines is 1. The van der Waals surface area contributed by atoms with E-state index in [1.165, 1.54) is 0 Å². The molecule has 0 aliphatic carbocycles.